The van der Waals surface area contributed by atoms with Crippen molar-refractivity contribution in [3.8, 4) is 5.75 Å². The van der Waals surface area contributed by atoms with Crippen molar-refractivity contribution in [1.29, 1.82) is 0 Å². The molecule has 7 heteroatoms. The van der Waals surface area contributed by atoms with Crippen LogP contribution in [0.1, 0.15) is 28.8 Å². The summed E-state index contributed by atoms with van der Waals surface area (Å²) >= 11 is 0. The first-order chi connectivity index (χ1) is 12.0. The normalized spacial score (nSPS) is 16.8. The van der Waals surface area contributed by atoms with E-state index in [0.717, 1.165) is 24.9 Å². The standard InChI is InChI=1S/C18H22N4O3/c1-13-9-20-21(10-13)11-15-3-2-8-22(15)18(24)14-4-6-16(7-5-14)25-12-17(19)23/h4-7,9-10,15H,2-3,8,11-12H2,1H3,(H2,19,23)/t15-/m1/s1. The Kier molecular flexibility index (Phi) is 5.02. The second kappa shape index (κ2) is 7.38. The van der Waals surface area contributed by atoms with Gasteiger partial charge in [-0.3, -0.25) is 14.3 Å². The molecule has 1 atom stereocenters. The predicted molar refractivity (Wildman–Crippen MR) is 92.2 cm³/mol. The Labute approximate surface area is 146 Å². The summed E-state index contributed by atoms with van der Waals surface area (Å²) in [5.74, 6) is -0.0120. The van der Waals surface area contributed by atoms with Gasteiger partial charge in [0.15, 0.2) is 6.61 Å². The number of rotatable bonds is 6. The molecule has 7 nitrogen and oxygen atoms in total. The molecule has 1 saturated heterocycles. The quantitative estimate of drug-likeness (QED) is 0.858. The van der Waals surface area contributed by atoms with E-state index in [9.17, 15) is 9.59 Å². The van der Waals surface area contributed by atoms with Crippen molar-refractivity contribution in [2.45, 2.75) is 32.4 Å². The van der Waals surface area contributed by atoms with E-state index in [2.05, 4.69) is 5.10 Å². The van der Waals surface area contributed by atoms with Gasteiger partial charge in [-0.05, 0) is 49.6 Å². The molecule has 2 N–H and O–H groups in total. The van der Waals surface area contributed by atoms with Crippen molar-refractivity contribution in [3.63, 3.8) is 0 Å². The topological polar surface area (TPSA) is 90.4 Å². The summed E-state index contributed by atoms with van der Waals surface area (Å²) in [6, 6.07) is 6.94. The number of amides is 2. The molecule has 132 valence electrons. The minimum absolute atomic E-state index is 0.00725. The van der Waals surface area contributed by atoms with E-state index in [0.29, 0.717) is 17.9 Å². The summed E-state index contributed by atoms with van der Waals surface area (Å²) in [6.07, 6.45) is 5.79. The maximum Gasteiger partial charge on any atom is 0.255 e. The van der Waals surface area contributed by atoms with Crippen LogP contribution in [-0.2, 0) is 11.3 Å². The van der Waals surface area contributed by atoms with Crippen LogP contribution in [0.3, 0.4) is 0 Å². The summed E-state index contributed by atoms with van der Waals surface area (Å²) in [5, 5.41) is 4.32. The Balaban J connectivity index is 1.65. The number of nitrogens with zero attached hydrogens (tertiary/aromatic N) is 3. The van der Waals surface area contributed by atoms with Crippen LogP contribution in [0.4, 0.5) is 0 Å². The van der Waals surface area contributed by atoms with Crippen LogP contribution in [0.5, 0.6) is 5.75 Å². The summed E-state index contributed by atoms with van der Waals surface area (Å²) in [6.45, 7) is 3.29. The molecule has 1 aromatic heterocycles. The number of benzene rings is 1. The summed E-state index contributed by atoms with van der Waals surface area (Å²) in [5.41, 5.74) is 6.77. The van der Waals surface area contributed by atoms with Crippen molar-refractivity contribution in [2.75, 3.05) is 13.2 Å². The van der Waals surface area contributed by atoms with E-state index >= 15 is 0 Å². The Bertz CT molecular complexity index is 754. The lowest BCUT2D eigenvalue weighted by atomic mass is 10.1. The second-order valence-electron chi connectivity index (χ2n) is 6.31. The molecule has 0 unspecified atom stereocenters. The Hall–Kier alpha value is -2.83. The number of aromatic nitrogens is 2. The molecule has 1 aliphatic heterocycles. The number of likely N-dealkylation sites (tertiary alicyclic amines) is 1. The number of nitrogens with two attached hydrogens (primary N) is 1. The van der Waals surface area contributed by atoms with Gasteiger partial charge in [-0.1, -0.05) is 0 Å². The molecule has 3 rings (SSSR count). The second-order valence-corrected chi connectivity index (χ2v) is 6.31. The summed E-state index contributed by atoms with van der Waals surface area (Å²) in [7, 11) is 0. The Morgan fingerprint density at radius 1 is 1.32 bits per heavy atom. The zero-order valence-corrected chi connectivity index (χ0v) is 14.2. The van der Waals surface area contributed by atoms with Gasteiger partial charge >= 0.3 is 0 Å². The molecule has 1 aromatic carbocycles. The van der Waals surface area contributed by atoms with E-state index < -0.39 is 5.91 Å². The molecule has 2 heterocycles. The van der Waals surface area contributed by atoms with Crippen LogP contribution in [0.15, 0.2) is 36.7 Å². The summed E-state index contributed by atoms with van der Waals surface area (Å²) in [4.78, 5) is 25.5. The fourth-order valence-electron chi connectivity index (χ4n) is 3.09. The average molecular weight is 342 g/mol. The fourth-order valence-corrected chi connectivity index (χ4v) is 3.09. The lowest BCUT2D eigenvalue weighted by Crippen LogP contribution is -2.38. The van der Waals surface area contributed by atoms with Gasteiger partial charge in [0.25, 0.3) is 11.8 Å². The van der Waals surface area contributed by atoms with Crippen molar-refractivity contribution >= 4 is 11.8 Å². The van der Waals surface area contributed by atoms with Crippen LogP contribution in [-0.4, -0.2) is 45.7 Å². The average Bonchev–Trinajstić information content (AvgIpc) is 3.22. The molecule has 0 saturated carbocycles. The number of aryl methyl sites for hydroxylation is 1. The molecule has 1 aliphatic rings. The lowest BCUT2D eigenvalue weighted by Gasteiger charge is -2.25. The smallest absolute Gasteiger partial charge is 0.255 e. The van der Waals surface area contributed by atoms with E-state index in [1.165, 1.54) is 0 Å². The minimum atomic E-state index is -0.533. The molecule has 0 spiro atoms. The third-order valence-corrected chi connectivity index (χ3v) is 4.28. The Morgan fingerprint density at radius 2 is 2.08 bits per heavy atom. The molecule has 0 bridgehead atoms. The first kappa shape index (κ1) is 17.0. The highest BCUT2D eigenvalue weighted by Crippen LogP contribution is 2.22. The van der Waals surface area contributed by atoms with E-state index in [4.69, 9.17) is 10.5 Å². The van der Waals surface area contributed by atoms with E-state index in [1.54, 1.807) is 24.3 Å². The highest BCUT2D eigenvalue weighted by Gasteiger charge is 2.29. The van der Waals surface area contributed by atoms with Gasteiger partial charge in [0.1, 0.15) is 5.75 Å². The largest absolute Gasteiger partial charge is 0.484 e. The van der Waals surface area contributed by atoms with Gasteiger partial charge in [-0.2, -0.15) is 5.10 Å². The van der Waals surface area contributed by atoms with Crippen LogP contribution in [0.2, 0.25) is 0 Å². The maximum atomic E-state index is 12.8. The maximum absolute atomic E-state index is 12.8. The molecule has 0 aliphatic carbocycles. The number of hydrogen-bond donors (Lipinski definition) is 1. The van der Waals surface area contributed by atoms with Crippen LogP contribution in [0, 0.1) is 6.92 Å². The molecule has 2 aromatic rings. The highest BCUT2D eigenvalue weighted by atomic mass is 16.5. The number of carbonyl (C=O) groups is 2. The highest BCUT2D eigenvalue weighted by molar-refractivity contribution is 5.94. The van der Waals surface area contributed by atoms with Gasteiger partial charge in [0.2, 0.25) is 0 Å². The monoisotopic (exact) mass is 342 g/mol. The van der Waals surface area contributed by atoms with Gasteiger partial charge < -0.3 is 15.4 Å². The third kappa shape index (κ3) is 4.17. The molecule has 2 amide bonds. The van der Waals surface area contributed by atoms with Gasteiger partial charge in [0.05, 0.1) is 18.8 Å². The minimum Gasteiger partial charge on any atom is -0.484 e. The first-order valence-corrected chi connectivity index (χ1v) is 8.34. The molecule has 25 heavy (non-hydrogen) atoms. The van der Waals surface area contributed by atoms with Gasteiger partial charge in [-0.15, -0.1) is 0 Å². The molecular formula is C18H22N4O3. The zero-order valence-electron chi connectivity index (χ0n) is 14.2. The fraction of sp³-hybridized carbons (Fsp3) is 0.389. The number of ether oxygens (including phenoxy) is 1. The van der Waals surface area contributed by atoms with Crippen molar-refractivity contribution < 1.29 is 14.3 Å². The SMILES string of the molecule is Cc1cnn(C[C@H]2CCCN2C(=O)c2ccc(OCC(N)=O)cc2)c1. The van der Waals surface area contributed by atoms with Crippen molar-refractivity contribution in [3.05, 3.63) is 47.8 Å². The van der Waals surface area contributed by atoms with Gasteiger partial charge in [-0.25, -0.2) is 0 Å². The molecule has 0 radical (unpaired) electrons. The summed E-state index contributed by atoms with van der Waals surface area (Å²) < 4.78 is 7.11. The van der Waals surface area contributed by atoms with Crippen molar-refractivity contribution in [2.24, 2.45) is 5.73 Å². The first-order valence-electron chi connectivity index (χ1n) is 8.34. The Morgan fingerprint density at radius 3 is 2.72 bits per heavy atom. The van der Waals surface area contributed by atoms with Gasteiger partial charge in [0, 0.05) is 18.3 Å². The zero-order chi connectivity index (χ0) is 17.8. The predicted octanol–water partition coefficient (Wildman–Crippen LogP) is 1.36. The number of primary amides is 1. The van der Waals surface area contributed by atoms with Crippen LogP contribution < -0.4 is 10.5 Å². The van der Waals surface area contributed by atoms with E-state index in [1.807, 2.05) is 28.9 Å². The van der Waals surface area contributed by atoms with Crippen LogP contribution in [0.25, 0.3) is 0 Å². The number of hydrogen-bond acceptors (Lipinski definition) is 4. The number of carbonyl (C=O) groups excluding carboxylic acids is 2. The molecular weight excluding hydrogens is 320 g/mol. The van der Waals surface area contributed by atoms with E-state index in [-0.39, 0.29) is 18.6 Å². The molecule has 1 fully saturated rings. The lowest BCUT2D eigenvalue weighted by molar-refractivity contribution is -0.119. The van der Waals surface area contributed by atoms with Crippen LogP contribution >= 0.6 is 0 Å². The third-order valence-electron chi connectivity index (χ3n) is 4.28. The van der Waals surface area contributed by atoms with Crippen molar-refractivity contribution in [1.82, 2.24) is 14.7 Å².